The zero-order valence-corrected chi connectivity index (χ0v) is 19.0. The van der Waals surface area contributed by atoms with Crippen molar-refractivity contribution >= 4 is 39.3 Å². The molecule has 0 amide bonds. The molecule has 8 heteroatoms. The van der Waals surface area contributed by atoms with E-state index < -0.39 is 0 Å². The number of H-pyrrole nitrogens is 2. The average Bonchev–Trinajstić information content (AvgIpc) is 3.16. The third kappa shape index (κ3) is 3.81. The van der Waals surface area contributed by atoms with Crippen LogP contribution in [-0.2, 0) is 0 Å². The van der Waals surface area contributed by atoms with Crippen LogP contribution in [0, 0.1) is 13.8 Å². The number of fused-ring (bicyclic) bond motifs is 2. The summed E-state index contributed by atoms with van der Waals surface area (Å²) in [4.78, 5) is 34.6. The number of nitrogens with one attached hydrogen (secondary N) is 3. The molecule has 5 aromatic rings. The Bertz CT molecular complexity index is 1630. The number of aromatic amines is 2. The van der Waals surface area contributed by atoms with Gasteiger partial charge in [0.15, 0.2) is 5.43 Å². The molecule has 3 N–H and O–H groups in total. The summed E-state index contributed by atoms with van der Waals surface area (Å²) in [6.45, 7) is 5.71. The van der Waals surface area contributed by atoms with Gasteiger partial charge in [0.25, 0.3) is 0 Å². The number of halogens is 1. The molecule has 0 aliphatic rings. The van der Waals surface area contributed by atoms with Crippen LogP contribution in [-0.4, -0.2) is 15.0 Å². The highest BCUT2D eigenvalue weighted by molar-refractivity contribution is 6.29. The van der Waals surface area contributed by atoms with E-state index >= 15 is 0 Å². The van der Waals surface area contributed by atoms with E-state index in [1.807, 2.05) is 38.1 Å². The standard InChI is InChI=1S/C25H21ClN4O3/c1-12-8-17(14(3)28-16-5-7-21(26)27-11-16)24-18(9-12)22(31)13(2)23(33-24)15-4-6-19-20(10-15)30-25(32)29-19/h4-11,14,28H,1-3H3,(H2,29,30,32). The Morgan fingerprint density at radius 1 is 1.03 bits per heavy atom. The first kappa shape index (κ1) is 21.0. The molecule has 0 saturated carbocycles. The molecule has 1 unspecified atom stereocenters. The van der Waals surface area contributed by atoms with Gasteiger partial charge in [0.2, 0.25) is 0 Å². The van der Waals surface area contributed by atoms with Gasteiger partial charge in [-0.2, -0.15) is 0 Å². The Kier molecular flexibility index (Phi) is 5.06. The second-order valence-electron chi connectivity index (χ2n) is 8.19. The Morgan fingerprint density at radius 2 is 1.82 bits per heavy atom. The van der Waals surface area contributed by atoms with Crippen molar-refractivity contribution in [1.29, 1.82) is 0 Å². The Balaban J connectivity index is 1.68. The van der Waals surface area contributed by atoms with Crippen LogP contribution in [0.3, 0.4) is 0 Å². The fourth-order valence-corrected chi connectivity index (χ4v) is 4.24. The highest BCUT2D eigenvalue weighted by Gasteiger charge is 2.19. The molecule has 5 rings (SSSR count). The van der Waals surface area contributed by atoms with E-state index in [1.54, 1.807) is 31.3 Å². The van der Waals surface area contributed by atoms with Gasteiger partial charge < -0.3 is 19.7 Å². The van der Waals surface area contributed by atoms with Crippen LogP contribution in [0.1, 0.15) is 29.7 Å². The summed E-state index contributed by atoms with van der Waals surface area (Å²) < 4.78 is 6.40. The Morgan fingerprint density at radius 3 is 2.58 bits per heavy atom. The summed E-state index contributed by atoms with van der Waals surface area (Å²) in [5.41, 5.74) is 5.34. The van der Waals surface area contributed by atoms with Crippen LogP contribution >= 0.6 is 11.6 Å². The van der Waals surface area contributed by atoms with E-state index in [-0.39, 0.29) is 17.2 Å². The van der Waals surface area contributed by atoms with Crippen molar-refractivity contribution in [2.75, 3.05) is 5.32 Å². The second-order valence-corrected chi connectivity index (χ2v) is 8.58. The summed E-state index contributed by atoms with van der Waals surface area (Å²) >= 11 is 5.90. The van der Waals surface area contributed by atoms with Gasteiger partial charge in [0.05, 0.1) is 34.3 Å². The SMILES string of the molecule is Cc1cc(C(C)Nc2ccc(Cl)nc2)c2oc(-c3ccc4[nH]c(=O)[nH]c4c3)c(C)c(=O)c2c1. The Labute approximate surface area is 193 Å². The highest BCUT2D eigenvalue weighted by atomic mass is 35.5. The zero-order chi connectivity index (χ0) is 23.3. The number of hydrogen-bond acceptors (Lipinski definition) is 5. The summed E-state index contributed by atoms with van der Waals surface area (Å²) in [6.07, 6.45) is 1.66. The van der Waals surface area contributed by atoms with Gasteiger partial charge in [-0.1, -0.05) is 17.7 Å². The summed E-state index contributed by atoms with van der Waals surface area (Å²) in [7, 11) is 0. The molecule has 0 saturated heterocycles. The average molecular weight is 461 g/mol. The van der Waals surface area contributed by atoms with Crippen molar-refractivity contribution in [2.24, 2.45) is 0 Å². The lowest BCUT2D eigenvalue weighted by Gasteiger charge is -2.18. The third-order valence-electron chi connectivity index (χ3n) is 5.75. The summed E-state index contributed by atoms with van der Waals surface area (Å²) in [5, 5.41) is 4.35. The minimum atomic E-state index is -0.284. The van der Waals surface area contributed by atoms with Crippen molar-refractivity contribution in [3.63, 3.8) is 0 Å². The first-order valence-electron chi connectivity index (χ1n) is 10.5. The monoisotopic (exact) mass is 460 g/mol. The Hall–Kier alpha value is -3.84. The predicted molar refractivity (Wildman–Crippen MR) is 131 cm³/mol. The van der Waals surface area contributed by atoms with Gasteiger partial charge in [-0.25, -0.2) is 9.78 Å². The van der Waals surface area contributed by atoms with E-state index in [9.17, 15) is 9.59 Å². The number of nitrogens with zero attached hydrogens (tertiary/aromatic N) is 1. The molecule has 166 valence electrons. The largest absolute Gasteiger partial charge is 0.455 e. The van der Waals surface area contributed by atoms with E-state index in [0.717, 1.165) is 16.8 Å². The number of aryl methyl sites for hydroxylation is 1. The first-order chi connectivity index (χ1) is 15.8. The first-order valence-corrected chi connectivity index (χ1v) is 10.9. The van der Waals surface area contributed by atoms with Gasteiger partial charge in [-0.05, 0) is 62.7 Å². The second kappa shape index (κ2) is 7.94. The van der Waals surface area contributed by atoms with E-state index in [0.29, 0.717) is 44.0 Å². The summed E-state index contributed by atoms with van der Waals surface area (Å²) in [5.74, 6) is 0.474. The van der Waals surface area contributed by atoms with Gasteiger partial charge in [0.1, 0.15) is 16.5 Å². The highest BCUT2D eigenvalue weighted by Crippen LogP contribution is 2.32. The van der Waals surface area contributed by atoms with Gasteiger partial charge in [-0.15, -0.1) is 0 Å². The molecular formula is C25H21ClN4O3. The number of pyridine rings is 1. The lowest BCUT2D eigenvalue weighted by molar-refractivity contribution is 0.605. The topological polar surface area (TPSA) is 104 Å². The molecule has 0 aliphatic carbocycles. The van der Waals surface area contributed by atoms with E-state index in [2.05, 4.69) is 20.3 Å². The number of anilines is 1. The van der Waals surface area contributed by atoms with Gasteiger partial charge >= 0.3 is 5.69 Å². The maximum atomic E-state index is 13.3. The van der Waals surface area contributed by atoms with Crippen LogP contribution in [0.5, 0.6) is 0 Å². The minimum absolute atomic E-state index is 0.0841. The zero-order valence-electron chi connectivity index (χ0n) is 18.2. The molecule has 7 nitrogen and oxygen atoms in total. The quantitative estimate of drug-likeness (QED) is 0.308. The molecular weight excluding hydrogens is 440 g/mol. The number of rotatable bonds is 4. The van der Waals surface area contributed by atoms with Gasteiger partial charge in [-0.3, -0.25) is 4.79 Å². The van der Waals surface area contributed by atoms with Crippen molar-refractivity contribution < 1.29 is 4.42 Å². The molecule has 1 atom stereocenters. The molecule has 0 radical (unpaired) electrons. The van der Waals surface area contributed by atoms with Crippen molar-refractivity contribution in [2.45, 2.75) is 26.8 Å². The molecule has 33 heavy (non-hydrogen) atoms. The number of imidazole rings is 1. The maximum absolute atomic E-state index is 13.3. The molecule has 3 heterocycles. The summed E-state index contributed by atoms with van der Waals surface area (Å²) in [6, 6.07) is 12.7. The van der Waals surface area contributed by atoms with Crippen LogP contribution in [0.25, 0.3) is 33.3 Å². The third-order valence-corrected chi connectivity index (χ3v) is 5.97. The molecule has 3 aromatic heterocycles. The van der Waals surface area contributed by atoms with Crippen LogP contribution in [0.4, 0.5) is 5.69 Å². The van der Waals surface area contributed by atoms with Crippen molar-refractivity contribution in [1.82, 2.24) is 15.0 Å². The fourth-order valence-electron chi connectivity index (χ4n) is 4.13. The lowest BCUT2D eigenvalue weighted by atomic mass is 9.98. The van der Waals surface area contributed by atoms with E-state index in [1.165, 1.54) is 0 Å². The van der Waals surface area contributed by atoms with Crippen molar-refractivity contribution in [3.05, 3.63) is 91.2 Å². The smallest absolute Gasteiger partial charge is 0.323 e. The minimum Gasteiger partial charge on any atom is -0.455 e. The van der Waals surface area contributed by atoms with Crippen LogP contribution in [0.2, 0.25) is 5.15 Å². The van der Waals surface area contributed by atoms with E-state index in [4.69, 9.17) is 16.0 Å². The number of benzene rings is 2. The molecule has 0 aliphatic heterocycles. The molecule has 0 fully saturated rings. The molecule has 0 spiro atoms. The fraction of sp³-hybridized carbons (Fsp3) is 0.160. The number of hydrogen-bond donors (Lipinski definition) is 3. The normalized spacial score (nSPS) is 12.4. The molecule has 2 aromatic carbocycles. The van der Waals surface area contributed by atoms with Gasteiger partial charge in [0, 0.05) is 16.7 Å². The lowest BCUT2D eigenvalue weighted by Crippen LogP contribution is -2.12. The maximum Gasteiger partial charge on any atom is 0.323 e. The molecule has 0 bridgehead atoms. The van der Waals surface area contributed by atoms with Crippen LogP contribution < -0.4 is 16.4 Å². The van der Waals surface area contributed by atoms with Crippen LogP contribution in [0.15, 0.2) is 62.7 Å². The predicted octanol–water partition coefficient (Wildman–Crippen LogP) is 5.47. The van der Waals surface area contributed by atoms with Crippen molar-refractivity contribution in [3.8, 4) is 11.3 Å². The number of aromatic nitrogens is 3.